The zero-order valence-electron chi connectivity index (χ0n) is 20.3. The highest BCUT2D eigenvalue weighted by molar-refractivity contribution is 5.40. The van der Waals surface area contributed by atoms with E-state index in [2.05, 4.69) is 55.5 Å². The van der Waals surface area contributed by atoms with Crippen LogP contribution in [0.2, 0.25) is 0 Å². The summed E-state index contributed by atoms with van der Waals surface area (Å²) in [5.41, 5.74) is 6.09. The van der Waals surface area contributed by atoms with Crippen LogP contribution in [0.3, 0.4) is 0 Å². The Hall–Kier alpha value is -2.02. The van der Waals surface area contributed by atoms with Crippen LogP contribution < -0.4 is 4.74 Å². The normalized spacial score (nSPS) is 23.2. The number of unbranched alkanes of at least 4 members (excludes halogenated alkanes) is 2. The summed E-state index contributed by atoms with van der Waals surface area (Å²) in [4.78, 5) is 0. The molecule has 0 spiro atoms. The third-order valence-electron chi connectivity index (χ3n) is 7.93. The number of fused-ring (bicyclic) bond motifs is 1. The first-order chi connectivity index (χ1) is 15.8. The van der Waals surface area contributed by atoms with Gasteiger partial charge in [-0.2, -0.15) is 0 Å². The quantitative estimate of drug-likeness (QED) is 0.285. The van der Waals surface area contributed by atoms with Crippen LogP contribution in [0.4, 0.5) is 0 Å². The van der Waals surface area contributed by atoms with Gasteiger partial charge in [0.05, 0.1) is 0 Å². The average molecular weight is 431 g/mol. The van der Waals surface area contributed by atoms with Crippen molar-refractivity contribution < 1.29 is 4.74 Å². The molecule has 2 aliphatic rings. The van der Waals surface area contributed by atoms with Crippen molar-refractivity contribution in [2.75, 3.05) is 6.61 Å². The maximum atomic E-state index is 5.84. The number of aryl methyl sites for hydroxylation is 1. The van der Waals surface area contributed by atoms with Crippen molar-refractivity contribution in [1.29, 1.82) is 0 Å². The second kappa shape index (κ2) is 11.7. The van der Waals surface area contributed by atoms with Gasteiger partial charge in [0.2, 0.25) is 0 Å². The Morgan fingerprint density at radius 3 is 2.31 bits per heavy atom. The lowest BCUT2D eigenvalue weighted by molar-refractivity contribution is 0.303. The predicted molar refractivity (Wildman–Crippen MR) is 137 cm³/mol. The monoisotopic (exact) mass is 430 g/mol. The molecule has 2 aromatic carbocycles. The van der Waals surface area contributed by atoms with Gasteiger partial charge in [0.15, 0.2) is 0 Å². The SMILES string of the molecule is CC=CCOc1ccc2c(c1)CCC(c1ccc(C3CCC(CCCCC)CC3)cc1)C2. The van der Waals surface area contributed by atoms with Gasteiger partial charge in [-0.1, -0.05) is 75.1 Å². The summed E-state index contributed by atoms with van der Waals surface area (Å²) in [5, 5.41) is 0. The molecule has 2 aliphatic carbocycles. The molecule has 0 aromatic heterocycles. The van der Waals surface area contributed by atoms with Crippen molar-refractivity contribution in [2.24, 2.45) is 5.92 Å². The first kappa shape index (κ1) is 23.1. The van der Waals surface area contributed by atoms with Gasteiger partial charge in [0, 0.05) is 0 Å². The Labute approximate surface area is 196 Å². The van der Waals surface area contributed by atoms with E-state index in [0.717, 1.165) is 30.4 Å². The molecule has 2 aromatic rings. The maximum absolute atomic E-state index is 5.84. The van der Waals surface area contributed by atoms with Crippen LogP contribution in [0, 0.1) is 5.92 Å². The van der Waals surface area contributed by atoms with E-state index < -0.39 is 0 Å². The third-order valence-corrected chi connectivity index (χ3v) is 7.93. The number of benzene rings is 2. The van der Waals surface area contributed by atoms with E-state index in [1.54, 1.807) is 5.56 Å². The molecule has 1 heteroatoms. The summed E-state index contributed by atoms with van der Waals surface area (Å²) in [6, 6.07) is 16.5. The smallest absolute Gasteiger partial charge is 0.120 e. The molecule has 0 heterocycles. The summed E-state index contributed by atoms with van der Waals surface area (Å²) in [6.07, 6.45) is 19.0. The third kappa shape index (κ3) is 6.06. The van der Waals surface area contributed by atoms with Crippen LogP contribution >= 0.6 is 0 Å². The van der Waals surface area contributed by atoms with Crippen LogP contribution in [0.15, 0.2) is 54.6 Å². The lowest BCUT2D eigenvalue weighted by Gasteiger charge is -2.29. The molecule has 0 bridgehead atoms. The number of ether oxygens (including phenoxy) is 1. The molecule has 1 saturated carbocycles. The van der Waals surface area contributed by atoms with E-state index in [1.807, 2.05) is 13.0 Å². The summed E-state index contributed by atoms with van der Waals surface area (Å²) < 4.78 is 5.84. The fourth-order valence-corrected chi connectivity index (χ4v) is 5.85. The molecule has 0 aliphatic heterocycles. The van der Waals surface area contributed by atoms with Crippen LogP contribution in [0.25, 0.3) is 0 Å². The van der Waals surface area contributed by atoms with Gasteiger partial charge >= 0.3 is 0 Å². The minimum Gasteiger partial charge on any atom is -0.490 e. The standard InChI is InChI=1S/C31H42O/c1-3-5-7-8-24-9-11-25(12-10-24)26-13-15-27(16-14-26)28-17-18-30-23-31(32-21-6-4-2)20-19-29(30)22-28/h4,6,13-16,19-20,23-25,28H,3,5,7-12,17-18,21-22H2,1-2H3. The van der Waals surface area contributed by atoms with Gasteiger partial charge in [-0.05, 0) is 104 Å². The maximum Gasteiger partial charge on any atom is 0.120 e. The van der Waals surface area contributed by atoms with E-state index in [0.29, 0.717) is 12.5 Å². The molecule has 172 valence electrons. The van der Waals surface area contributed by atoms with Crippen LogP contribution in [-0.2, 0) is 12.8 Å². The fraction of sp³-hybridized carbons (Fsp3) is 0.548. The Kier molecular flexibility index (Phi) is 8.49. The Bertz CT molecular complexity index is 855. The molecule has 32 heavy (non-hydrogen) atoms. The van der Waals surface area contributed by atoms with E-state index in [4.69, 9.17) is 4.74 Å². The Morgan fingerprint density at radius 2 is 1.59 bits per heavy atom. The van der Waals surface area contributed by atoms with Gasteiger partial charge in [-0.25, -0.2) is 0 Å². The van der Waals surface area contributed by atoms with E-state index in [1.165, 1.54) is 74.5 Å². The van der Waals surface area contributed by atoms with Crippen LogP contribution in [0.5, 0.6) is 5.75 Å². The largest absolute Gasteiger partial charge is 0.490 e. The molecular formula is C31H42O. The average Bonchev–Trinajstić information content (AvgIpc) is 2.85. The van der Waals surface area contributed by atoms with E-state index in [-0.39, 0.29) is 0 Å². The summed E-state index contributed by atoms with van der Waals surface area (Å²) in [7, 11) is 0. The molecule has 1 unspecified atom stereocenters. The lowest BCUT2D eigenvalue weighted by Crippen LogP contribution is -2.14. The minimum atomic E-state index is 0.653. The highest BCUT2D eigenvalue weighted by Gasteiger charge is 2.24. The first-order valence-electron chi connectivity index (χ1n) is 13.2. The summed E-state index contributed by atoms with van der Waals surface area (Å²) in [5.74, 6) is 3.44. The fourth-order valence-electron chi connectivity index (χ4n) is 5.85. The van der Waals surface area contributed by atoms with Crippen molar-refractivity contribution in [3.8, 4) is 5.75 Å². The zero-order chi connectivity index (χ0) is 22.2. The molecule has 1 fully saturated rings. The molecule has 0 N–H and O–H groups in total. The van der Waals surface area contributed by atoms with Gasteiger partial charge in [0.1, 0.15) is 12.4 Å². The molecular weight excluding hydrogens is 388 g/mol. The molecule has 0 saturated heterocycles. The zero-order valence-corrected chi connectivity index (χ0v) is 20.3. The first-order valence-corrected chi connectivity index (χ1v) is 13.2. The second-order valence-electron chi connectivity index (χ2n) is 10.1. The number of hydrogen-bond donors (Lipinski definition) is 0. The molecule has 1 nitrogen and oxygen atoms in total. The highest BCUT2D eigenvalue weighted by atomic mass is 16.5. The molecule has 0 radical (unpaired) electrons. The number of hydrogen-bond acceptors (Lipinski definition) is 1. The van der Waals surface area contributed by atoms with Crippen molar-refractivity contribution in [3.05, 3.63) is 76.9 Å². The Balaban J connectivity index is 1.30. The van der Waals surface area contributed by atoms with Gasteiger partial charge < -0.3 is 4.74 Å². The highest BCUT2D eigenvalue weighted by Crippen LogP contribution is 2.39. The number of rotatable bonds is 9. The molecule has 4 rings (SSSR count). The summed E-state index contributed by atoms with van der Waals surface area (Å²) >= 11 is 0. The van der Waals surface area contributed by atoms with Crippen molar-refractivity contribution in [3.63, 3.8) is 0 Å². The van der Waals surface area contributed by atoms with Crippen molar-refractivity contribution >= 4 is 0 Å². The van der Waals surface area contributed by atoms with E-state index >= 15 is 0 Å². The van der Waals surface area contributed by atoms with Crippen LogP contribution in [0.1, 0.15) is 106 Å². The van der Waals surface area contributed by atoms with Gasteiger partial charge in [-0.15, -0.1) is 0 Å². The van der Waals surface area contributed by atoms with Gasteiger partial charge in [-0.3, -0.25) is 0 Å². The molecule has 1 atom stereocenters. The lowest BCUT2D eigenvalue weighted by atomic mass is 9.76. The van der Waals surface area contributed by atoms with Crippen LogP contribution in [-0.4, -0.2) is 6.61 Å². The van der Waals surface area contributed by atoms with Crippen molar-refractivity contribution in [1.82, 2.24) is 0 Å². The predicted octanol–water partition coefficient (Wildman–Crippen LogP) is 8.77. The van der Waals surface area contributed by atoms with Gasteiger partial charge in [0.25, 0.3) is 0 Å². The topological polar surface area (TPSA) is 9.23 Å². The number of allylic oxidation sites excluding steroid dienone is 1. The van der Waals surface area contributed by atoms with Crippen molar-refractivity contribution in [2.45, 2.75) is 96.3 Å². The molecule has 0 amide bonds. The van der Waals surface area contributed by atoms with E-state index in [9.17, 15) is 0 Å². The summed E-state index contributed by atoms with van der Waals surface area (Å²) in [6.45, 7) is 5.00. The second-order valence-corrected chi connectivity index (χ2v) is 10.1. The minimum absolute atomic E-state index is 0.653. The Morgan fingerprint density at radius 1 is 0.844 bits per heavy atom.